The first-order valence-electron chi connectivity index (χ1n) is 5.15. The van der Waals surface area contributed by atoms with Gasteiger partial charge in [0.15, 0.2) is 5.66 Å². The van der Waals surface area contributed by atoms with Crippen molar-refractivity contribution in [1.82, 2.24) is 5.06 Å². The van der Waals surface area contributed by atoms with Crippen LogP contribution in [0.25, 0.3) is 0 Å². The summed E-state index contributed by atoms with van der Waals surface area (Å²) in [6, 6.07) is 0. The predicted octanol–water partition coefficient (Wildman–Crippen LogP) is 0.776. The Morgan fingerprint density at radius 2 is 1.94 bits per heavy atom. The molecule has 0 aromatic rings. The molecule has 2 rings (SSSR count). The Morgan fingerprint density at radius 3 is 2.47 bits per heavy atom. The van der Waals surface area contributed by atoms with Gasteiger partial charge < -0.3 is 4.74 Å². The van der Waals surface area contributed by atoms with E-state index in [-0.39, 0.29) is 19.4 Å². The van der Waals surface area contributed by atoms with E-state index in [1.165, 1.54) is 0 Å². The Morgan fingerprint density at radius 1 is 1.35 bits per heavy atom. The molecule has 0 aromatic heterocycles. The summed E-state index contributed by atoms with van der Waals surface area (Å²) in [6.45, 7) is 1.85. The van der Waals surface area contributed by atoms with Crippen LogP contribution in [0.4, 0.5) is 4.79 Å². The van der Waals surface area contributed by atoms with Crippen LogP contribution in [0.1, 0.15) is 26.2 Å². The van der Waals surface area contributed by atoms with Gasteiger partial charge in [0.2, 0.25) is 0 Å². The van der Waals surface area contributed by atoms with Crippen molar-refractivity contribution >= 4 is 18.0 Å². The fourth-order valence-corrected chi connectivity index (χ4v) is 1.27. The van der Waals surface area contributed by atoms with Gasteiger partial charge in [0.25, 0.3) is 11.8 Å². The van der Waals surface area contributed by atoms with Crippen LogP contribution in [-0.4, -0.2) is 35.3 Å². The van der Waals surface area contributed by atoms with Crippen LogP contribution in [-0.2, 0) is 19.2 Å². The lowest BCUT2D eigenvalue weighted by atomic mass is 10.2. The average molecular weight is 241 g/mol. The molecule has 8 nitrogen and oxygen atoms in total. The second-order valence-corrected chi connectivity index (χ2v) is 3.94. The molecule has 17 heavy (non-hydrogen) atoms. The highest BCUT2D eigenvalue weighted by atomic mass is 16.8. The number of carbonyl (C=O) groups excluding carboxylic acids is 3. The maximum absolute atomic E-state index is 11.1. The van der Waals surface area contributed by atoms with Crippen LogP contribution in [0.5, 0.6) is 0 Å². The van der Waals surface area contributed by atoms with Crippen molar-refractivity contribution in [3.05, 3.63) is 0 Å². The highest BCUT2D eigenvalue weighted by Gasteiger charge is 2.35. The lowest BCUT2D eigenvalue weighted by molar-refractivity contribution is -0.177. The molecule has 0 unspecified atom stereocenters. The van der Waals surface area contributed by atoms with Crippen LogP contribution in [0, 0.1) is 0 Å². The Labute approximate surface area is 96.5 Å². The first-order valence-corrected chi connectivity index (χ1v) is 5.15. The van der Waals surface area contributed by atoms with Gasteiger partial charge in [-0.25, -0.2) is 4.79 Å². The molecular weight excluding hydrogens is 230 g/mol. The van der Waals surface area contributed by atoms with E-state index in [4.69, 9.17) is 0 Å². The van der Waals surface area contributed by atoms with Crippen LogP contribution < -0.4 is 0 Å². The minimum absolute atomic E-state index is 0.0575. The summed E-state index contributed by atoms with van der Waals surface area (Å²) in [7, 11) is 0. The summed E-state index contributed by atoms with van der Waals surface area (Å²) in [5.74, 6) is -1.07. The maximum atomic E-state index is 11.1. The Hall–Kier alpha value is -1.99. The summed E-state index contributed by atoms with van der Waals surface area (Å²) < 4.78 is 4.69. The number of rotatable bonds is 4. The van der Waals surface area contributed by atoms with Gasteiger partial charge in [-0.1, -0.05) is 5.06 Å². The van der Waals surface area contributed by atoms with Gasteiger partial charge in [-0.05, 0) is 6.92 Å². The van der Waals surface area contributed by atoms with Crippen molar-refractivity contribution < 1.29 is 24.0 Å². The molecule has 0 spiro atoms. The molecule has 0 aliphatic carbocycles. The third-order valence-electron chi connectivity index (χ3n) is 2.41. The van der Waals surface area contributed by atoms with Gasteiger partial charge in [0.1, 0.15) is 0 Å². The molecule has 0 bridgehead atoms. The molecule has 2 heterocycles. The molecule has 0 radical (unpaired) electrons. The number of hydrogen-bond donors (Lipinski definition) is 0. The highest BCUT2D eigenvalue weighted by Crippen LogP contribution is 2.30. The average Bonchev–Trinajstić information content (AvgIpc) is 2.92. The number of nitrogens with zero attached hydrogens (tertiary/aromatic N) is 3. The molecule has 0 atom stereocenters. The third-order valence-corrected chi connectivity index (χ3v) is 2.41. The maximum Gasteiger partial charge on any atom is 0.533 e. The van der Waals surface area contributed by atoms with Gasteiger partial charge in [-0.3, -0.25) is 14.4 Å². The van der Waals surface area contributed by atoms with Gasteiger partial charge >= 0.3 is 6.16 Å². The van der Waals surface area contributed by atoms with Crippen molar-refractivity contribution in [2.75, 3.05) is 6.61 Å². The summed E-state index contributed by atoms with van der Waals surface area (Å²) in [6.07, 6.45) is -0.508. The molecule has 0 N–H and O–H groups in total. The fraction of sp³-hybridized carbons (Fsp3) is 0.667. The number of imide groups is 1. The first-order chi connectivity index (χ1) is 8.00. The second kappa shape index (κ2) is 4.11. The molecule has 0 aromatic carbocycles. The van der Waals surface area contributed by atoms with Crippen molar-refractivity contribution in [2.24, 2.45) is 10.2 Å². The molecular formula is C9H11N3O5. The van der Waals surface area contributed by atoms with E-state index in [0.29, 0.717) is 11.5 Å². The minimum atomic E-state index is -1.07. The zero-order valence-electron chi connectivity index (χ0n) is 9.21. The Kier molecular flexibility index (Phi) is 2.78. The second-order valence-electron chi connectivity index (χ2n) is 3.94. The van der Waals surface area contributed by atoms with Crippen LogP contribution in [0.15, 0.2) is 10.2 Å². The SMILES string of the molecule is CC1(CCOC(=O)ON2C(=O)CCC2=O)N=N1. The summed E-state index contributed by atoms with van der Waals surface area (Å²) in [4.78, 5) is 37.8. The van der Waals surface area contributed by atoms with Gasteiger partial charge in [0, 0.05) is 19.3 Å². The Bertz CT molecular complexity index is 383. The largest absolute Gasteiger partial charge is 0.533 e. The van der Waals surface area contributed by atoms with Crippen LogP contribution in [0.2, 0.25) is 0 Å². The van der Waals surface area contributed by atoms with Crippen LogP contribution >= 0.6 is 0 Å². The van der Waals surface area contributed by atoms with E-state index in [2.05, 4.69) is 19.8 Å². The highest BCUT2D eigenvalue weighted by molar-refractivity contribution is 6.01. The normalized spacial score (nSPS) is 20.6. The molecule has 2 amide bonds. The fourth-order valence-electron chi connectivity index (χ4n) is 1.27. The summed E-state index contributed by atoms with van der Waals surface area (Å²) in [5, 5.41) is 7.91. The molecule has 8 heteroatoms. The zero-order chi connectivity index (χ0) is 12.5. The van der Waals surface area contributed by atoms with Gasteiger partial charge in [-0.2, -0.15) is 10.2 Å². The Balaban J connectivity index is 1.69. The molecule has 2 aliphatic rings. The lowest BCUT2D eigenvalue weighted by Crippen LogP contribution is -2.32. The quantitative estimate of drug-likeness (QED) is 0.535. The summed E-state index contributed by atoms with van der Waals surface area (Å²) in [5.41, 5.74) is -0.459. The minimum Gasteiger partial charge on any atom is -0.433 e. The van der Waals surface area contributed by atoms with Crippen molar-refractivity contribution in [1.29, 1.82) is 0 Å². The monoisotopic (exact) mass is 241 g/mol. The molecule has 92 valence electrons. The van der Waals surface area contributed by atoms with Crippen LogP contribution in [0.3, 0.4) is 0 Å². The zero-order valence-corrected chi connectivity index (χ0v) is 9.21. The topological polar surface area (TPSA) is 97.6 Å². The van der Waals surface area contributed by atoms with E-state index in [1.54, 1.807) is 6.92 Å². The van der Waals surface area contributed by atoms with Gasteiger partial charge in [0.05, 0.1) is 6.61 Å². The molecule has 1 fully saturated rings. The first kappa shape index (κ1) is 11.5. The van der Waals surface area contributed by atoms with E-state index in [1.807, 2.05) is 0 Å². The van der Waals surface area contributed by atoms with Crippen molar-refractivity contribution in [2.45, 2.75) is 31.8 Å². The summed E-state index contributed by atoms with van der Waals surface area (Å²) >= 11 is 0. The third kappa shape index (κ3) is 2.77. The number of hydroxylamine groups is 2. The number of carbonyl (C=O) groups is 3. The number of amides is 2. The van der Waals surface area contributed by atoms with E-state index < -0.39 is 23.6 Å². The molecule has 0 saturated carbocycles. The predicted molar refractivity (Wildman–Crippen MR) is 51.4 cm³/mol. The number of hydrogen-bond acceptors (Lipinski definition) is 7. The van der Waals surface area contributed by atoms with E-state index in [0.717, 1.165) is 0 Å². The smallest absolute Gasteiger partial charge is 0.433 e. The van der Waals surface area contributed by atoms with Gasteiger partial charge in [-0.15, -0.1) is 0 Å². The van der Waals surface area contributed by atoms with E-state index >= 15 is 0 Å². The van der Waals surface area contributed by atoms with Crippen molar-refractivity contribution in [3.8, 4) is 0 Å². The van der Waals surface area contributed by atoms with E-state index in [9.17, 15) is 14.4 Å². The number of ether oxygens (including phenoxy) is 1. The standard InChI is InChI=1S/C9H11N3O5/c1-9(10-11-9)4-5-16-8(15)17-12-6(13)2-3-7(12)14/h2-5H2,1H3. The van der Waals surface area contributed by atoms with Crippen molar-refractivity contribution in [3.63, 3.8) is 0 Å². The molecule has 2 aliphatic heterocycles. The lowest BCUT2D eigenvalue weighted by Gasteiger charge is -2.12. The molecule has 1 saturated heterocycles.